The van der Waals surface area contributed by atoms with Crippen LogP contribution in [0.1, 0.15) is 39.0 Å². The SMILES string of the molecule is C[C@@H](Oc1ccccc1)C(=O)OCC(=O)NC(=O)NC1CCCCC1. The Morgan fingerprint density at radius 2 is 1.80 bits per heavy atom. The molecule has 0 unspecified atom stereocenters. The molecule has 0 spiro atoms. The van der Waals surface area contributed by atoms with Crippen molar-refractivity contribution in [3.05, 3.63) is 30.3 Å². The highest BCUT2D eigenvalue weighted by Gasteiger charge is 2.20. The summed E-state index contributed by atoms with van der Waals surface area (Å²) in [4.78, 5) is 35.3. The van der Waals surface area contributed by atoms with Gasteiger partial charge in [0, 0.05) is 6.04 Å². The van der Waals surface area contributed by atoms with E-state index in [0.29, 0.717) is 5.75 Å². The summed E-state index contributed by atoms with van der Waals surface area (Å²) >= 11 is 0. The number of para-hydroxylation sites is 1. The third kappa shape index (κ3) is 6.82. The van der Waals surface area contributed by atoms with Gasteiger partial charge >= 0.3 is 12.0 Å². The molecular formula is C18H24N2O5. The Morgan fingerprint density at radius 3 is 2.48 bits per heavy atom. The Balaban J connectivity index is 1.66. The average Bonchev–Trinajstić information content (AvgIpc) is 2.61. The molecule has 1 aromatic rings. The predicted molar refractivity (Wildman–Crippen MR) is 91.0 cm³/mol. The van der Waals surface area contributed by atoms with Gasteiger partial charge in [0.25, 0.3) is 5.91 Å². The Kier molecular flexibility index (Phi) is 7.25. The number of benzene rings is 1. The standard InChI is InChI=1S/C18H24N2O5/c1-13(25-15-10-6-3-7-11-15)17(22)24-12-16(21)20-18(23)19-14-8-4-2-5-9-14/h3,6-7,10-11,13-14H,2,4-5,8-9,12H2,1H3,(H2,19,20,21,23)/t13-/m1/s1. The number of esters is 1. The van der Waals surface area contributed by atoms with Crippen molar-refractivity contribution < 1.29 is 23.9 Å². The largest absolute Gasteiger partial charge is 0.479 e. The van der Waals surface area contributed by atoms with Crippen LogP contribution in [0.2, 0.25) is 0 Å². The highest BCUT2D eigenvalue weighted by Crippen LogP contribution is 2.17. The number of urea groups is 1. The van der Waals surface area contributed by atoms with Gasteiger partial charge in [-0.1, -0.05) is 37.5 Å². The predicted octanol–water partition coefficient (Wildman–Crippen LogP) is 2.16. The van der Waals surface area contributed by atoms with Crippen LogP contribution in [0.5, 0.6) is 5.75 Å². The van der Waals surface area contributed by atoms with E-state index < -0.39 is 30.6 Å². The molecule has 1 fully saturated rings. The van der Waals surface area contributed by atoms with Crippen LogP contribution >= 0.6 is 0 Å². The van der Waals surface area contributed by atoms with E-state index in [0.717, 1.165) is 25.7 Å². The lowest BCUT2D eigenvalue weighted by atomic mass is 9.96. The highest BCUT2D eigenvalue weighted by atomic mass is 16.6. The minimum atomic E-state index is -0.855. The molecule has 1 atom stereocenters. The molecule has 25 heavy (non-hydrogen) atoms. The highest BCUT2D eigenvalue weighted by molar-refractivity contribution is 5.95. The molecule has 2 N–H and O–H groups in total. The molecular weight excluding hydrogens is 324 g/mol. The van der Waals surface area contributed by atoms with Crippen molar-refractivity contribution in [1.82, 2.24) is 10.6 Å². The summed E-state index contributed by atoms with van der Waals surface area (Å²) in [5.41, 5.74) is 0. The molecule has 7 heteroatoms. The molecule has 3 amide bonds. The zero-order valence-corrected chi connectivity index (χ0v) is 14.3. The molecule has 2 rings (SSSR count). The fourth-order valence-electron chi connectivity index (χ4n) is 2.64. The molecule has 1 aliphatic carbocycles. The number of hydrogen-bond donors (Lipinski definition) is 2. The van der Waals surface area contributed by atoms with E-state index in [-0.39, 0.29) is 6.04 Å². The summed E-state index contributed by atoms with van der Waals surface area (Å²) in [5.74, 6) is -0.816. The van der Waals surface area contributed by atoms with Crippen LogP contribution in [0.3, 0.4) is 0 Å². The number of ether oxygens (including phenoxy) is 2. The Labute approximate surface area is 147 Å². The van der Waals surface area contributed by atoms with Crippen molar-refractivity contribution >= 4 is 17.9 Å². The molecule has 1 aromatic carbocycles. The molecule has 0 heterocycles. The van der Waals surface area contributed by atoms with E-state index in [2.05, 4.69) is 10.6 Å². The lowest BCUT2D eigenvalue weighted by Gasteiger charge is -2.22. The second-order valence-electron chi connectivity index (χ2n) is 6.04. The van der Waals surface area contributed by atoms with E-state index in [1.165, 1.54) is 13.3 Å². The van der Waals surface area contributed by atoms with E-state index in [9.17, 15) is 14.4 Å². The van der Waals surface area contributed by atoms with Crippen LogP contribution in [0, 0.1) is 0 Å². The third-order valence-corrected chi connectivity index (χ3v) is 3.93. The first-order valence-electron chi connectivity index (χ1n) is 8.53. The van der Waals surface area contributed by atoms with Gasteiger partial charge in [0.15, 0.2) is 12.7 Å². The number of amides is 3. The van der Waals surface area contributed by atoms with Gasteiger partial charge in [0.2, 0.25) is 0 Å². The van der Waals surface area contributed by atoms with Gasteiger partial charge < -0.3 is 14.8 Å². The topological polar surface area (TPSA) is 93.7 Å². The lowest BCUT2D eigenvalue weighted by Crippen LogP contribution is -2.46. The molecule has 0 aliphatic heterocycles. The van der Waals surface area contributed by atoms with Crippen molar-refractivity contribution in [2.45, 2.75) is 51.2 Å². The van der Waals surface area contributed by atoms with Crippen LogP contribution < -0.4 is 15.4 Å². The summed E-state index contributed by atoms with van der Waals surface area (Å²) in [6.07, 6.45) is 4.32. The minimum absolute atomic E-state index is 0.100. The van der Waals surface area contributed by atoms with Gasteiger partial charge in [-0.25, -0.2) is 9.59 Å². The molecule has 1 aliphatic rings. The summed E-state index contributed by atoms with van der Waals surface area (Å²) < 4.78 is 10.3. The average molecular weight is 348 g/mol. The quantitative estimate of drug-likeness (QED) is 0.768. The van der Waals surface area contributed by atoms with Gasteiger partial charge in [0.05, 0.1) is 0 Å². The number of imide groups is 1. The monoisotopic (exact) mass is 348 g/mol. The number of nitrogens with one attached hydrogen (secondary N) is 2. The maximum absolute atomic E-state index is 11.8. The summed E-state index contributed by atoms with van der Waals surface area (Å²) in [6.45, 7) is 1.00. The first-order valence-corrected chi connectivity index (χ1v) is 8.53. The zero-order chi connectivity index (χ0) is 18.1. The number of hydrogen-bond acceptors (Lipinski definition) is 5. The molecule has 1 saturated carbocycles. The van der Waals surface area contributed by atoms with Crippen molar-refractivity contribution in [1.29, 1.82) is 0 Å². The maximum atomic E-state index is 11.8. The number of carbonyl (C=O) groups excluding carboxylic acids is 3. The fraction of sp³-hybridized carbons (Fsp3) is 0.500. The minimum Gasteiger partial charge on any atom is -0.479 e. The number of carbonyl (C=O) groups is 3. The van der Waals surface area contributed by atoms with Crippen molar-refractivity contribution in [3.63, 3.8) is 0 Å². The van der Waals surface area contributed by atoms with Crippen molar-refractivity contribution in [3.8, 4) is 5.75 Å². The Bertz CT molecular complexity index is 584. The van der Waals surface area contributed by atoms with Gasteiger partial charge in [-0.15, -0.1) is 0 Å². The molecule has 0 saturated heterocycles. The van der Waals surface area contributed by atoms with Gasteiger partial charge in [-0.3, -0.25) is 10.1 Å². The molecule has 0 radical (unpaired) electrons. The second kappa shape index (κ2) is 9.66. The summed E-state index contributed by atoms with van der Waals surface area (Å²) in [6, 6.07) is 8.37. The molecule has 7 nitrogen and oxygen atoms in total. The van der Waals surface area contributed by atoms with E-state index in [1.54, 1.807) is 24.3 Å². The van der Waals surface area contributed by atoms with Gasteiger partial charge in [-0.2, -0.15) is 0 Å². The van der Waals surface area contributed by atoms with Crippen LogP contribution in [-0.4, -0.2) is 36.7 Å². The van der Waals surface area contributed by atoms with Crippen LogP contribution in [0.25, 0.3) is 0 Å². The summed E-state index contributed by atoms with van der Waals surface area (Å²) in [7, 11) is 0. The first kappa shape index (κ1) is 18.8. The van der Waals surface area contributed by atoms with Gasteiger partial charge in [0.1, 0.15) is 5.75 Å². The molecule has 0 bridgehead atoms. The molecule has 136 valence electrons. The van der Waals surface area contributed by atoms with Crippen LogP contribution in [-0.2, 0) is 14.3 Å². The Morgan fingerprint density at radius 1 is 1.12 bits per heavy atom. The van der Waals surface area contributed by atoms with Crippen molar-refractivity contribution in [2.24, 2.45) is 0 Å². The maximum Gasteiger partial charge on any atom is 0.347 e. The lowest BCUT2D eigenvalue weighted by molar-refractivity contribution is -0.154. The first-order chi connectivity index (χ1) is 12.0. The number of rotatable bonds is 6. The van der Waals surface area contributed by atoms with Crippen LogP contribution in [0.15, 0.2) is 30.3 Å². The van der Waals surface area contributed by atoms with E-state index in [1.807, 2.05) is 6.07 Å². The fourth-order valence-corrected chi connectivity index (χ4v) is 2.64. The van der Waals surface area contributed by atoms with E-state index in [4.69, 9.17) is 9.47 Å². The Hall–Kier alpha value is -2.57. The van der Waals surface area contributed by atoms with Crippen LogP contribution in [0.4, 0.5) is 4.79 Å². The second-order valence-corrected chi connectivity index (χ2v) is 6.04. The van der Waals surface area contributed by atoms with Crippen molar-refractivity contribution in [2.75, 3.05) is 6.61 Å². The summed E-state index contributed by atoms with van der Waals surface area (Å²) in [5, 5.41) is 4.92. The van der Waals surface area contributed by atoms with Gasteiger partial charge in [-0.05, 0) is 31.9 Å². The normalized spacial score (nSPS) is 15.7. The molecule has 0 aromatic heterocycles. The third-order valence-electron chi connectivity index (χ3n) is 3.93. The zero-order valence-electron chi connectivity index (χ0n) is 14.3. The van der Waals surface area contributed by atoms with E-state index >= 15 is 0 Å². The smallest absolute Gasteiger partial charge is 0.347 e.